The average molecular weight is 228 g/mol. The molecule has 0 spiro atoms. The Morgan fingerprint density at radius 3 is 3.00 bits per heavy atom. The van der Waals surface area contributed by atoms with Crippen LogP contribution in [0.4, 0.5) is 0 Å². The number of nitrogens with zero attached hydrogens (tertiary/aromatic N) is 1. The Bertz CT molecular complexity index is 419. The zero-order chi connectivity index (χ0) is 11.0. The third-order valence-electron chi connectivity index (χ3n) is 2.57. The molecule has 0 saturated carbocycles. The summed E-state index contributed by atoms with van der Waals surface area (Å²) in [4.78, 5) is 14.8. The van der Waals surface area contributed by atoms with Crippen LogP contribution in [0.1, 0.15) is 40.6 Å². The van der Waals surface area contributed by atoms with E-state index in [-0.39, 0.29) is 10.7 Å². The Morgan fingerprint density at radius 2 is 2.33 bits per heavy atom. The summed E-state index contributed by atoms with van der Waals surface area (Å²) in [6.07, 6.45) is 1.63. The van der Waals surface area contributed by atoms with Crippen molar-refractivity contribution < 1.29 is 15.0 Å². The zero-order valence-electron chi connectivity index (χ0n) is 7.90. The molecule has 2 rings (SSSR count). The number of hydrogen-bond acceptors (Lipinski definition) is 3. The van der Waals surface area contributed by atoms with Gasteiger partial charge in [0.1, 0.15) is 5.15 Å². The first-order chi connectivity index (χ1) is 7.09. The van der Waals surface area contributed by atoms with Gasteiger partial charge in [0.2, 0.25) is 0 Å². The molecule has 0 radical (unpaired) electrons. The fourth-order valence-electron chi connectivity index (χ4n) is 1.80. The monoisotopic (exact) mass is 227 g/mol. The standard InChI is InChI=1S/C10H10ClNO3/c11-9-6(10(14)15)4-5-7(12-9)2-1-3-8(5)13/h4,8,13H,1-3H2,(H,14,15)/t8-/m1/s1. The molecule has 4 nitrogen and oxygen atoms in total. The molecule has 80 valence electrons. The number of halogens is 1. The number of rotatable bonds is 1. The van der Waals surface area contributed by atoms with E-state index in [9.17, 15) is 9.90 Å². The van der Waals surface area contributed by atoms with Crippen LogP contribution in [0.2, 0.25) is 5.15 Å². The molecule has 0 saturated heterocycles. The molecule has 0 bridgehead atoms. The van der Waals surface area contributed by atoms with Gasteiger partial charge in [-0.1, -0.05) is 11.6 Å². The van der Waals surface area contributed by atoms with Crippen molar-refractivity contribution in [1.29, 1.82) is 0 Å². The predicted octanol–water partition coefficient (Wildman–Crippen LogP) is 1.80. The van der Waals surface area contributed by atoms with Crippen molar-refractivity contribution in [2.24, 2.45) is 0 Å². The second-order valence-electron chi connectivity index (χ2n) is 3.58. The first kappa shape index (κ1) is 10.4. The van der Waals surface area contributed by atoms with Crippen LogP contribution >= 0.6 is 11.6 Å². The summed E-state index contributed by atoms with van der Waals surface area (Å²) in [5.41, 5.74) is 1.27. The maximum atomic E-state index is 10.8. The van der Waals surface area contributed by atoms with Crippen LogP contribution in [0, 0.1) is 0 Å². The van der Waals surface area contributed by atoms with E-state index in [1.54, 1.807) is 0 Å². The number of carboxylic acid groups (broad SMARTS) is 1. The molecule has 0 aromatic carbocycles. The van der Waals surface area contributed by atoms with E-state index in [4.69, 9.17) is 16.7 Å². The molecule has 2 N–H and O–H groups in total. The number of aliphatic hydroxyl groups excluding tert-OH is 1. The Labute approximate surface area is 91.5 Å². The molecule has 5 heteroatoms. The minimum atomic E-state index is -1.12. The number of pyridine rings is 1. The van der Waals surface area contributed by atoms with Crippen molar-refractivity contribution in [3.05, 3.63) is 28.0 Å². The number of fused-ring (bicyclic) bond motifs is 1. The smallest absolute Gasteiger partial charge is 0.338 e. The molecular formula is C10H10ClNO3. The van der Waals surface area contributed by atoms with Gasteiger partial charge in [0.15, 0.2) is 0 Å². The molecule has 15 heavy (non-hydrogen) atoms. The molecule has 1 atom stereocenters. The summed E-state index contributed by atoms with van der Waals surface area (Å²) >= 11 is 5.73. The van der Waals surface area contributed by atoms with Gasteiger partial charge in [-0.15, -0.1) is 0 Å². The van der Waals surface area contributed by atoms with Crippen LogP contribution in [-0.2, 0) is 6.42 Å². The van der Waals surface area contributed by atoms with Gasteiger partial charge in [-0.05, 0) is 25.3 Å². The second-order valence-corrected chi connectivity index (χ2v) is 3.93. The van der Waals surface area contributed by atoms with Gasteiger partial charge in [-0.3, -0.25) is 0 Å². The van der Waals surface area contributed by atoms with E-state index in [2.05, 4.69) is 4.98 Å². The van der Waals surface area contributed by atoms with Crippen molar-refractivity contribution in [2.45, 2.75) is 25.4 Å². The number of carboxylic acids is 1. The van der Waals surface area contributed by atoms with Gasteiger partial charge in [-0.2, -0.15) is 0 Å². The summed E-state index contributed by atoms with van der Waals surface area (Å²) in [5.74, 6) is -1.12. The molecule has 0 unspecified atom stereocenters. The SMILES string of the molecule is O=C(O)c1cc2c(nc1Cl)CCC[C@H]2O. The van der Waals surface area contributed by atoms with Crippen molar-refractivity contribution >= 4 is 17.6 Å². The fraction of sp³-hybridized carbons (Fsp3) is 0.400. The normalized spacial score (nSPS) is 19.7. The molecule has 1 aliphatic carbocycles. The summed E-state index contributed by atoms with van der Waals surface area (Å²) < 4.78 is 0. The summed E-state index contributed by atoms with van der Waals surface area (Å²) in [6, 6.07) is 1.43. The van der Waals surface area contributed by atoms with Crippen LogP contribution in [0.15, 0.2) is 6.07 Å². The van der Waals surface area contributed by atoms with Gasteiger partial charge >= 0.3 is 5.97 Å². The largest absolute Gasteiger partial charge is 0.478 e. The molecule has 1 heterocycles. The van der Waals surface area contributed by atoms with Crippen LogP contribution in [0.5, 0.6) is 0 Å². The van der Waals surface area contributed by atoms with E-state index in [0.29, 0.717) is 17.7 Å². The van der Waals surface area contributed by atoms with Gasteiger partial charge < -0.3 is 10.2 Å². The number of aryl methyl sites for hydroxylation is 1. The lowest BCUT2D eigenvalue weighted by atomic mass is 9.92. The van der Waals surface area contributed by atoms with E-state index >= 15 is 0 Å². The van der Waals surface area contributed by atoms with E-state index in [1.807, 2.05) is 0 Å². The molecule has 0 fully saturated rings. The topological polar surface area (TPSA) is 70.4 Å². The van der Waals surface area contributed by atoms with Crippen molar-refractivity contribution in [2.75, 3.05) is 0 Å². The minimum Gasteiger partial charge on any atom is -0.478 e. The number of aromatic nitrogens is 1. The van der Waals surface area contributed by atoms with Gasteiger partial charge in [0.25, 0.3) is 0 Å². The number of hydrogen-bond donors (Lipinski definition) is 2. The summed E-state index contributed by atoms with van der Waals surface area (Å²) in [7, 11) is 0. The quantitative estimate of drug-likeness (QED) is 0.718. The Hall–Kier alpha value is -1.13. The lowest BCUT2D eigenvalue weighted by molar-refractivity contribution is 0.0696. The number of aromatic carboxylic acids is 1. The maximum Gasteiger partial charge on any atom is 0.338 e. The van der Waals surface area contributed by atoms with Crippen molar-refractivity contribution in [1.82, 2.24) is 4.98 Å². The lowest BCUT2D eigenvalue weighted by Crippen LogP contribution is -2.13. The zero-order valence-corrected chi connectivity index (χ0v) is 8.66. The Balaban J connectivity index is 2.55. The molecular weight excluding hydrogens is 218 g/mol. The van der Waals surface area contributed by atoms with Crippen molar-refractivity contribution in [3.8, 4) is 0 Å². The maximum absolute atomic E-state index is 10.8. The van der Waals surface area contributed by atoms with E-state index in [1.165, 1.54) is 6.07 Å². The number of carbonyl (C=O) groups is 1. The molecule has 1 aliphatic rings. The molecule has 0 aliphatic heterocycles. The van der Waals surface area contributed by atoms with Gasteiger partial charge in [0, 0.05) is 11.3 Å². The van der Waals surface area contributed by atoms with Crippen LogP contribution in [0.3, 0.4) is 0 Å². The highest BCUT2D eigenvalue weighted by atomic mass is 35.5. The van der Waals surface area contributed by atoms with Crippen LogP contribution in [-0.4, -0.2) is 21.2 Å². The van der Waals surface area contributed by atoms with Crippen LogP contribution in [0.25, 0.3) is 0 Å². The van der Waals surface area contributed by atoms with Gasteiger partial charge in [0.05, 0.1) is 11.7 Å². The fourth-order valence-corrected chi connectivity index (χ4v) is 2.04. The minimum absolute atomic E-state index is 0.00431. The van der Waals surface area contributed by atoms with Crippen molar-refractivity contribution in [3.63, 3.8) is 0 Å². The summed E-state index contributed by atoms with van der Waals surface area (Å²) in [5, 5.41) is 18.5. The molecule has 0 amide bonds. The third kappa shape index (κ3) is 1.82. The second kappa shape index (κ2) is 3.79. The first-order valence-corrected chi connectivity index (χ1v) is 5.08. The molecule has 1 aromatic rings. The first-order valence-electron chi connectivity index (χ1n) is 4.70. The van der Waals surface area contributed by atoms with Crippen LogP contribution < -0.4 is 0 Å². The van der Waals surface area contributed by atoms with E-state index < -0.39 is 12.1 Å². The highest BCUT2D eigenvalue weighted by Crippen LogP contribution is 2.31. The Kier molecular flexibility index (Phi) is 2.63. The van der Waals surface area contributed by atoms with Gasteiger partial charge in [-0.25, -0.2) is 9.78 Å². The predicted molar refractivity (Wildman–Crippen MR) is 54.1 cm³/mol. The average Bonchev–Trinajstić information content (AvgIpc) is 2.16. The lowest BCUT2D eigenvalue weighted by Gasteiger charge is -2.20. The third-order valence-corrected chi connectivity index (χ3v) is 2.86. The summed E-state index contributed by atoms with van der Waals surface area (Å²) in [6.45, 7) is 0. The van der Waals surface area contributed by atoms with E-state index in [0.717, 1.165) is 12.8 Å². The number of aliphatic hydroxyl groups is 1. The Morgan fingerprint density at radius 1 is 1.60 bits per heavy atom. The highest BCUT2D eigenvalue weighted by molar-refractivity contribution is 6.32. The molecule has 1 aromatic heterocycles. The highest BCUT2D eigenvalue weighted by Gasteiger charge is 2.23.